The minimum absolute atomic E-state index is 1.10. The number of anilines is 3. The summed E-state index contributed by atoms with van der Waals surface area (Å²) in [4.78, 5) is 2.35. The van der Waals surface area contributed by atoms with Crippen LogP contribution in [0.15, 0.2) is 231 Å². The van der Waals surface area contributed by atoms with Crippen molar-refractivity contribution in [1.82, 2.24) is 4.57 Å². The molecule has 56 heavy (non-hydrogen) atoms. The number of rotatable bonds is 8. The van der Waals surface area contributed by atoms with Gasteiger partial charge in [-0.1, -0.05) is 176 Å². The molecule has 2 nitrogen and oxygen atoms in total. The zero-order valence-electron chi connectivity index (χ0n) is 30.8. The Morgan fingerprint density at radius 1 is 0.250 bits per heavy atom. The predicted octanol–water partition coefficient (Wildman–Crippen LogP) is 14.9. The molecule has 10 rings (SSSR count). The molecule has 0 aliphatic carbocycles. The Morgan fingerprint density at radius 2 is 0.589 bits per heavy atom. The van der Waals surface area contributed by atoms with E-state index in [2.05, 4.69) is 240 Å². The fourth-order valence-corrected chi connectivity index (χ4v) is 7.98. The SMILES string of the molecule is c1ccc(-c2ccc(-c3ccc(-c4ccc5c6ccc(N(c7ccccc7)c7ccc(-c8ccccc8)cc7)cc6n(-c6ccccc6)c5c4)cc3)cc2)cc1. The van der Waals surface area contributed by atoms with Gasteiger partial charge in [-0.15, -0.1) is 0 Å². The largest absolute Gasteiger partial charge is 0.310 e. The molecule has 9 aromatic carbocycles. The highest BCUT2D eigenvalue weighted by Gasteiger charge is 2.18. The van der Waals surface area contributed by atoms with Crippen LogP contribution in [0.2, 0.25) is 0 Å². The molecular formula is C54H38N2. The molecule has 0 N–H and O–H groups in total. The number of fused-ring (bicyclic) bond motifs is 3. The molecule has 0 bridgehead atoms. The number of hydrogen-bond acceptors (Lipinski definition) is 1. The maximum atomic E-state index is 2.42. The van der Waals surface area contributed by atoms with Crippen molar-refractivity contribution in [2.24, 2.45) is 0 Å². The van der Waals surface area contributed by atoms with Crippen LogP contribution in [0, 0.1) is 0 Å². The van der Waals surface area contributed by atoms with Crippen LogP contribution in [-0.4, -0.2) is 4.57 Å². The van der Waals surface area contributed by atoms with Crippen molar-refractivity contribution >= 4 is 38.9 Å². The average molecular weight is 715 g/mol. The van der Waals surface area contributed by atoms with Crippen LogP contribution in [-0.2, 0) is 0 Å². The summed E-state index contributed by atoms with van der Waals surface area (Å²) in [5.41, 5.74) is 16.5. The lowest BCUT2D eigenvalue weighted by Gasteiger charge is -2.26. The second-order valence-corrected chi connectivity index (χ2v) is 14.2. The first kappa shape index (κ1) is 33.2. The van der Waals surface area contributed by atoms with Gasteiger partial charge in [0.1, 0.15) is 0 Å². The zero-order valence-corrected chi connectivity index (χ0v) is 30.8. The highest BCUT2D eigenvalue weighted by Crippen LogP contribution is 2.41. The molecule has 0 saturated carbocycles. The van der Waals surface area contributed by atoms with Crippen LogP contribution >= 0.6 is 0 Å². The van der Waals surface area contributed by atoms with Crippen LogP contribution in [0.3, 0.4) is 0 Å². The van der Waals surface area contributed by atoms with E-state index >= 15 is 0 Å². The molecule has 1 aromatic heterocycles. The normalized spacial score (nSPS) is 11.2. The molecule has 0 amide bonds. The first-order valence-corrected chi connectivity index (χ1v) is 19.2. The van der Waals surface area contributed by atoms with E-state index < -0.39 is 0 Å². The quantitative estimate of drug-likeness (QED) is 0.152. The number of aromatic nitrogens is 1. The van der Waals surface area contributed by atoms with E-state index in [0.717, 1.165) is 28.3 Å². The first-order chi connectivity index (χ1) is 27.8. The fourth-order valence-electron chi connectivity index (χ4n) is 7.98. The van der Waals surface area contributed by atoms with Crippen molar-refractivity contribution in [2.75, 3.05) is 4.90 Å². The van der Waals surface area contributed by atoms with Crippen molar-refractivity contribution in [2.45, 2.75) is 0 Å². The summed E-state index contributed by atoms with van der Waals surface area (Å²) < 4.78 is 2.42. The van der Waals surface area contributed by atoms with Crippen LogP contribution in [0.25, 0.3) is 72.0 Å². The number of para-hydroxylation sites is 2. The summed E-state index contributed by atoms with van der Waals surface area (Å²) in [5.74, 6) is 0. The van der Waals surface area contributed by atoms with Gasteiger partial charge in [0, 0.05) is 33.5 Å². The zero-order chi connectivity index (χ0) is 37.3. The van der Waals surface area contributed by atoms with Gasteiger partial charge in [-0.3, -0.25) is 0 Å². The van der Waals surface area contributed by atoms with Crippen molar-refractivity contribution in [3.05, 3.63) is 231 Å². The molecule has 0 fully saturated rings. The van der Waals surface area contributed by atoms with Gasteiger partial charge in [-0.25, -0.2) is 0 Å². The van der Waals surface area contributed by atoms with E-state index in [9.17, 15) is 0 Å². The van der Waals surface area contributed by atoms with E-state index in [1.54, 1.807) is 0 Å². The van der Waals surface area contributed by atoms with Gasteiger partial charge >= 0.3 is 0 Å². The van der Waals surface area contributed by atoms with Crippen molar-refractivity contribution < 1.29 is 0 Å². The van der Waals surface area contributed by atoms with Gasteiger partial charge < -0.3 is 9.47 Å². The number of hydrogen-bond donors (Lipinski definition) is 0. The van der Waals surface area contributed by atoms with E-state index in [1.807, 2.05) is 0 Å². The van der Waals surface area contributed by atoms with Gasteiger partial charge in [-0.2, -0.15) is 0 Å². The molecule has 2 heteroatoms. The van der Waals surface area contributed by atoms with Crippen LogP contribution in [0.5, 0.6) is 0 Å². The van der Waals surface area contributed by atoms with E-state index in [0.29, 0.717) is 0 Å². The maximum Gasteiger partial charge on any atom is 0.0561 e. The Kier molecular flexibility index (Phi) is 8.55. The maximum absolute atomic E-state index is 2.42. The van der Waals surface area contributed by atoms with Crippen LogP contribution in [0.4, 0.5) is 17.1 Å². The summed E-state index contributed by atoms with van der Waals surface area (Å²) in [6.07, 6.45) is 0. The van der Waals surface area contributed by atoms with E-state index in [1.165, 1.54) is 60.8 Å². The lowest BCUT2D eigenvalue weighted by Crippen LogP contribution is -2.10. The smallest absolute Gasteiger partial charge is 0.0561 e. The molecule has 0 unspecified atom stereocenters. The molecule has 0 spiro atoms. The summed E-state index contributed by atoms with van der Waals surface area (Å²) >= 11 is 0. The fraction of sp³-hybridized carbons (Fsp3) is 0. The third kappa shape index (κ3) is 6.24. The highest BCUT2D eigenvalue weighted by atomic mass is 15.1. The molecule has 0 radical (unpaired) electrons. The Balaban J connectivity index is 1.05. The Bertz CT molecular complexity index is 2900. The molecule has 0 aliphatic rings. The lowest BCUT2D eigenvalue weighted by molar-refractivity contribution is 1.18. The molecule has 0 atom stereocenters. The van der Waals surface area contributed by atoms with Gasteiger partial charge in [0.25, 0.3) is 0 Å². The molecule has 264 valence electrons. The molecule has 10 aromatic rings. The van der Waals surface area contributed by atoms with Crippen molar-refractivity contribution in [1.29, 1.82) is 0 Å². The van der Waals surface area contributed by atoms with Crippen molar-refractivity contribution in [3.63, 3.8) is 0 Å². The van der Waals surface area contributed by atoms with Gasteiger partial charge in [0.2, 0.25) is 0 Å². The Hall–Kier alpha value is -7.42. The summed E-state index contributed by atoms with van der Waals surface area (Å²) in [5, 5.41) is 2.45. The molecule has 0 aliphatic heterocycles. The standard InChI is InChI=1S/C54H38N2/c1-5-13-39(14-6-1)41-21-23-42(24-22-41)43-25-27-45(28-26-43)46-31-35-51-52-36-34-50(38-54(52)56(53(51)37-46)48-19-11-4-12-20-48)55(47-17-9-3-10-18-47)49-32-29-44(30-33-49)40-15-7-2-8-16-40/h1-38H. The lowest BCUT2D eigenvalue weighted by atomic mass is 9.97. The molecular weight excluding hydrogens is 677 g/mol. The molecule has 1 heterocycles. The van der Waals surface area contributed by atoms with Gasteiger partial charge in [0.05, 0.1) is 11.0 Å². The monoisotopic (exact) mass is 714 g/mol. The average Bonchev–Trinajstić information content (AvgIpc) is 3.61. The second kappa shape index (κ2) is 14.4. The van der Waals surface area contributed by atoms with Gasteiger partial charge in [-0.05, 0) is 99.1 Å². The topological polar surface area (TPSA) is 8.17 Å². The number of nitrogens with zero attached hydrogens (tertiary/aromatic N) is 2. The van der Waals surface area contributed by atoms with E-state index in [-0.39, 0.29) is 0 Å². The summed E-state index contributed by atoms with van der Waals surface area (Å²) in [6, 6.07) is 83.0. The minimum Gasteiger partial charge on any atom is -0.310 e. The van der Waals surface area contributed by atoms with Crippen LogP contribution in [0.1, 0.15) is 0 Å². The van der Waals surface area contributed by atoms with E-state index in [4.69, 9.17) is 0 Å². The highest BCUT2D eigenvalue weighted by molar-refractivity contribution is 6.11. The summed E-state index contributed by atoms with van der Waals surface area (Å²) in [6.45, 7) is 0. The third-order valence-electron chi connectivity index (χ3n) is 10.8. The predicted molar refractivity (Wildman–Crippen MR) is 237 cm³/mol. The Labute approximate surface area is 327 Å². The Morgan fingerprint density at radius 3 is 1.11 bits per heavy atom. The molecule has 0 saturated heterocycles. The number of benzene rings is 9. The third-order valence-corrected chi connectivity index (χ3v) is 10.8. The first-order valence-electron chi connectivity index (χ1n) is 19.2. The van der Waals surface area contributed by atoms with Gasteiger partial charge in [0.15, 0.2) is 0 Å². The minimum atomic E-state index is 1.10. The second-order valence-electron chi connectivity index (χ2n) is 14.2. The van der Waals surface area contributed by atoms with Crippen molar-refractivity contribution in [3.8, 4) is 50.2 Å². The summed E-state index contributed by atoms with van der Waals surface area (Å²) in [7, 11) is 0. The van der Waals surface area contributed by atoms with Crippen LogP contribution < -0.4 is 4.90 Å².